The van der Waals surface area contributed by atoms with Crippen molar-refractivity contribution in [2.75, 3.05) is 18.4 Å². The van der Waals surface area contributed by atoms with Crippen LogP contribution >= 0.6 is 0 Å². The normalized spacial score (nSPS) is 15.3. The topological polar surface area (TPSA) is 84.3 Å². The Kier molecular flexibility index (Phi) is 6.72. The molecule has 4 rings (SSSR count). The summed E-state index contributed by atoms with van der Waals surface area (Å²) in [5.74, 6) is -0.196. The second-order valence-electron chi connectivity index (χ2n) is 8.14. The number of aromatic nitrogens is 2. The molecule has 0 saturated carbocycles. The van der Waals surface area contributed by atoms with E-state index >= 15 is 0 Å². The van der Waals surface area contributed by atoms with Crippen LogP contribution in [0.15, 0.2) is 65.8 Å². The van der Waals surface area contributed by atoms with Gasteiger partial charge in [0.25, 0.3) is 0 Å². The molecular weight excluding hydrogens is 424 g/mol. The Morgan fingerprint density at radius 1 is 1.03 bits per heavy atom. The van der Waals surface area contributed by atoms with Crippen LogP contribution in [-0.4, -0.2) is 41.5 Å². The molecule has 0 atom stereocenters. The van der Waals surface area contributed by atoms with Gasteiger partial charge in [-0.2, -0.15) is 9.40 Å². The first-order valence-corrected chi connectivity index (χ1v) is 12.4. The molecule has 3 aromatic rings. The highest BCUT2D eigenvalue weighted by Gasteiger charge is 2.27. The van der Waals surface area contributed by atoms with Crippen LogP contribution in [0, 0.1) is 6.92 Å². The SMILES string of the molecule is Cc1ccc(NC(=O)Cc2ccc(-n3cccn3)cc2)cc1S(=O)(=O)N1CCCCCC1. The number of carbonyl (C=O) groups excluding carboxylic acids is 1. The van der Waals surface area contributed by atoms with Gasteiger partial charge in [-0.15, -0.1) is 0 Å². The lowest BCUT2D eigenvalue weighted by Crippen LogP contribution is -2.32. The molecule has 2 heterocycles. The summed E-state index contributed by atoms with van der Waals surface area (Å²) in [7, 11) is -3.59. The third kappa shape index (κ3) is 5.08. The van der Waals surface area contributed by atoms with Crippen molar-refractivity contribution >= 4 is 21.6 Å². The maximum absolute atomic E-state index is 13.2. The lowest BCUT2D eigenvalue weighted by Gasteiger charge is -2.21. The molecule has 1 N–H and O–H groups in total. The van der Waals surface area contributed by atoms with Gasteiger partial charge in [-0.25, -0.2) is 13.1 Å². The Bertz CT molecular complexity index is 1160. The van der Waals surface area contributed by atoms with Gasteiger partial charge in [0, 0.05) is 31.2 Å². The minimum Gasteiger partial charge on any atom is -0.326 e. The fraction of sp³-hybridized carbons (Fsp3) is 0.333. The molecule has 168 valence electrons. The summed E-state index contributed by atoms with van der Waals surface area (Å²) < 4.78 is 29.8. The summed E-state index contributed by atoms with van der Waals surface area (Å²) in [4.78, 5) is 12.9. The number of nitrogens with one attached hydrogen (secondary N) is 1. The van der Waals surface area contributed by atoms with Crippen molar-refractivity contribution in [3.63, 3.8) is 0 Å². The number of rotatable bonds is 6. The summed E-state index contributed by atoms with van der Waals surface area (Å²) in [5, 5.41) is 7.04. The van der Waals surface area contributed by atoms with Gasteiger partial charge >= 0.3 is 0 Å². The van der Waals surface area contributed by atoms with Crippen LogP contribution in [0.5, 0.6) is 0 Å². The van der Waals surface area contributed by atoms with Crippen LogP contribution in [-0.2, 0) is 21.2 Å². The predicted molar refractivity (Wildman–Crippen MR) is 124 cm³/mol. The highest BCUT2D eigenvalue weighted by molar-refractivity contribution is 7.89. The maximum atomic E-state index is 13.2. The predicted octanol–water partition coefficient (Wildman–Crippen LogP) is 3.93. The number of nitrogens with zero attached hydrogens (tertiary/aromatic N) is 3. The molecule has 0 spiro atoms. The number of benzene rings is 2. The summed E-state index contributed by atoms with van der Waals surface area (Å²) in [5.41, 5.74) is 2.95. The number of anilines is 1. The molecule has 1 aliphatic heterocycles. The first-order valence-electron chi connectivity index (χ1n) is 10.9. The molecule has 2 aromatic carbocycles. The van der Waals surface area contributed by atoms with Crippen LogP contribution in [0.1, 0.15) is 36.8 Å². The molecular formula is C24H28N4O3S. The van der Waals surface area contributed by atoms with E-state index in [4.69, 9.17) is 0 Å². The van der Waals surface area contributed by atoms with Crippen LogP contribution in [0.25, 0.3) is 5.69 Å². The quantitative estimate of drug-likeness (QED) is 0.614. The van der Waals surface area contributed by atoms with E-state index in [1.54, 1.807) is 40.3 Å². The van der Waals surface area contributed by atoms with Crippen molar-refractivity contribution in [1.29, 1.82) is 0 Å². The van der Waals surface area contributed by atoms with E-state index in [-0.39, 0.29) is 17.2 Å². The second-order valence-corrected chi connectivity index (χ2v) is 10.0. The maximum Gasteiger partial charge on any atom is 0.243 e. The number of hydrogen-bond acceptors (Lipinski definition) is 4. The number of hydrogen-bond donors (Lipinski definition) is 1. The van der Waals surface area contributed by atoms with Crippen molar-refractivity contribution in [2.45, 2.75) is 43.9 Å². The van der Waals surface area contributed by atoms with Crippen LogP contribution in [0.4, 0.5) is 5.69 Å². The van der Waals surface area contributed by atoms with E-state index in [1.807, 2.05) is 36.5 Å². The average Bonchev–Trinajstić information content (AvgIpc) is 3.17. The third-order valence-electron chi connectivity index (χ3n) is 5.72. The van der Waals surface area contributed by atoms with E-state index in [0.29, 0.717) is 24.3 Å². The largest absolute Gasteiger partial charge is 0.326 e. The molecule has 0 bridgehead atoms. The Balaban J connectivity index is 1.45. The van der Waals surface area contributed by atoms with Crippen molar-refractivity contribution in [1.82, 2.24) is 14.1 Å². The van der Waals surface area contributed by atoms with E-state index in [2.05, 4.69) is 10.4 Å². The van der Waals surface area contributed by atoms with E-state index in [9.17, 15) is 13.2 Å². The van der Waals surface area contributed by atoms with E-state index < -0.39 is 10.0 Å². The van der Waals surface area contributed by atoms with Gasteiger partial charge in [0.15, 0.2) is 0 Å². The van der Waals surface area contributed by atoms with Crippen LogP contribution < -0.4 is 5.32 Å². The molecule has 1 fully saturated rings. The molecule has 0 unspecified atom stereocenters. The zero-order valence-corrected chi connectivity index (χ0v) is 19.0. The van der Waals surface area contributed by atoms with E-state index in [1.165, 1.54) is 0 Å². The van der Waals surface area contributed by atoms with Crippen molar-refractivity contribution in [2.24, 2.45) is 0 Å². The number of sulfonamides is 1. The molecule has 1 saturated heterocycles. The van der Waals surface area contributed by atoms with Gasteiger partial charge in [-0.3, -0.25) is 4.79 Å². The molecule has 1 amide bonds. The molecule has 7 nitrogen and oxygen atoms in total. The van der Waals surface area contributed by atoms with Crippen LogP contribution in [0.2, 0.25) is 0 Å². The van der Waals surface area contributed by atoms with Gasteiger partial charge in [0.05, 0.1) is 17.0 Å². The molecule has 1 aromatic heterocycles. The van der Waals surface area contributed by atoms with Crippen molar-refractivity contribution in [3.05, 3.63) is 72.1 Å². The lowest BCUT2D eigenvalue weighted by atomic mass is 10.1. The number of amides is 1. The van der Waals surface area contributed by atoms with Crippen molar-refractivity contribution < 1.29 is 13.2 Å². The zero-order chi connectivity index (χ0) is 22.6. The molecule has 32 heavy (non-hydrogen) atoms. The Labute approximate surface area is 189 Å². The third-order valence-corrected chi connectivity index (χ3v) is 7.77. The Morgan fingerprint density at radius 3 is 2.41 bits per heavy atom. The van der Waals surface area contributed by atoms with E-state index in [0.717, 1.165) is 36.9 Å². The number of carbonyl (C=O) groups is 1. The molecule has 0 radical (unpaired) electrons. The highest BCUT2D eigenvalue weighted by atomic mass is 32.2. The summed E-state index contributed by atoms with van der Waals surface area (Å²) in [6, 6.07) is 14.5. The second kappa shape index (κ2) is 9.67. The monoisotopic (exact) mass is 452 g/mol. The molecule has 8 heteroatoms. The van der Waals surface area contributed by atoms with Gasteiger partial charge in [-0.1, -0.05) is 31.0 Å². The van der Waals surface area contributed by atoms with Gasteiger partial charge in [-0.05, 0) is 61.2 Å². The zero-order valence-electron chi connectivity index (χ0n) is 18.2. The van der Waals surface area contributed by atoms with Gasteiger partial charge in [0.2, 0.25) is 15.9 Å². The smallest absolute Gasteiger partial charge is 0.243 e. The lowest BCUT2D eigenvalue weighted by molar-refractivity contribution is -0.115. The molecule has 0 aliphatic carbocycles. The fourth-order valence-corrected chi connectivity index (χ4v) is 5.72. The highest BCUT2D eigenvalue weighted by Crippen LogP contribution is 2.26. The number of aryl methyl sites for hydroxylation is 1. The Morgan fingerprint density at radius 2 is 1.75 bits per heavy atom. The average molecular weight is 453 g/mol. The Hall–Kier alpha value is -2.97. The van der Waals surface area contributed by atoms with Gasteiger partial charge in [0.1, 0.15) is 0 Å². The van der Waals surface area contributed by atoms with Gasteiger partial charge < -0.3 is 5.32 Å². The fourth-order valence-electron chi connectivity index (χ4n) is 3.96. The summed E-state index contributed by atoms with van der Waals surface area (Å²) in [6.07, 6.45) is 7.65. The first kappa shape index (κ1) is 22.2. The standard InChI is InChI=1S/C24H28N4O3S/c1-19-7-10-21(18-23(19)32(30,31)27-14-4-2-3-5-15-27)26-24(29)17-20-8-11-22(12-9-20)28-16-6-13-25-28/h6-13,16,18H,2-5,14-15,17H2,1H3,(H,26,29). The summed E-state index contributed by atoms with van der Waals surface area (Å²) >= 11 is 0. The minimum absolute atomic E-state index is 0.196. The molecule has 1 aliphatic rings. The van der Waals surface area contributed by atoms with Crippen molar-refractivity contribution in [3.8, 4) is 5.69 Å². The summed E-state index contributed by atoms with van der Waals surface area (Å²) in [6.45, 7) is 2.89. The van der Waals surface area contributed by atoms with Crippen LogP contribution in [0.3, 0.4) is 0 Å². The first-order chi connectivity index (χ1) is 15.4. The minimum atomic E-state index is -3.59.